The molecular weight excluding hydrogens is 266 g/mol. The first-order valence-corrected chi connectivity index (χ1v) is 6.88. The summed E-state index contributed by atoms with van der Waals surface area (Å²) in [7, 11) is -3.72. The van der Waals surface area contributed by atoms with Gasteiger partial charge in [0.2, 0.25) is 0 Å². The summed E-state index contributed by atoms with van der Waals surface area (Å²) in [6.07, 6.45) is 2.80. The predicted molar refractivity (Wildman–Crippen MR) is 68.0 cm³/mol. The molecule has 1 N–H and O–H groups in total. The van der Waals surface area contributed by atoms with Crippen LogP contribution in [0.1, 0.15) is 0 Å². The van der Waals surface area contributed by atoms with E-state index in [0.29, 0.717) is 5.69 Å². The number of sulfonamides is 1. The lowest BCUT2D eigenvalue weighted by Crippen LogP contribution is -2.15. The van der Waals surface area contributed by atoms with Crippen LogP contribution in [0.4, 0.5) is 5.69 Å². The van der Waals surface area contributed by atoms with Gasteiger partial charge >= 0.3 is 0 Å². The van der Waals surface area contributed by atoms with Crippen LogP contribution in [-0.4, -0.2) is 28.0 Å². The van der Waals surface area contributed by atoms with Gasteiger partial charge in [-0.15, -0.1) is 0 Å². The topological polar surface area (TPSA) is 89.2 Å². The third kappa shape index (κ3) is 2.25. The second-order valence-corrected chi connectivity index (χ2v) is 5.37. The molecule has 0 aliphatic carbocycles. The smallest absolute Gasteiger partial charge is 0.278 e. The molecule has 0 bridgehead atoms. The highest BCUT2D eigenvalue weighted by atomic mass is 32.2. The SMILES string of the molecule is O=S(=O)(Nc1ccccc1)c1ccn2ncnc2n1. The van der Waals surface area contributed by atoms with Gasteiger partial charge in [0.15, 0.2) is 5.03 Å². The minimum Gasteiger partial charge on any atom is -0.278 e. The first-order valence-electron chi connectivity index (χ1n) is 5.39. The van der Waals surface area contributed by atoms with E-state index < -0.39 is 10.0 Å². The van der Waals surface area contributed by atoms with E-state index in [4.69, 9.17) is 0 Å². The van der Waals surface area contributed by atoms with E-state index in [2.05, 4.69) is 19.8 Å². The number of fused-ring (bicyclic) bond motifs is 1. The van der Waals surface area contributed by atoms with Crippen molar-refractivity contribution < 1.29 is 8.42 Å². The number of anilines is 1. The molecular formula is C11H9N5O2S. The highest BCUT2D eigenvalue weighted by molar-refractivity contribution is 7.92. The maximum absolute atomic E-state index is 12.1. The van der Waals surface area contributed by atoms with Gasteiger partial charge in [0, 0.05) is 11.9 Å². The van der Waals surface area contributed by atoms with E-state index >= 15 is 0 Å². The Labute approximate surface area is 109 Å². The molecule has 2 aromatic heterocycles. The van der Waals surface area contributed by atoms with Crippen molar-refractivity contribution in [2.24, 2.45) is 0 Å². The fourth-order valence-electron chi connectivity index (χ4n) is 1.56. The number of aromatic nitrogens is 4. The lowest BCUT2D eigenvalue weighted by molar-refractivity contribution is 0.597. The van der Waals surface area contributed by atoms with Crippen molar-refractivity contribution in [3.63, 3.8) is 0 Å². The minimum atomic E-state index is -3.72. The number of hydrogen-bond acceptors (Lipinski definition) is 5. The maximum Gasteiger partial charge on any atom is 0.279 e. The fourth-order valence-corrected chi connectivity index (χ4v) is 2.56. The summed E-state index contributed by atoms with van der Waals surface area (Å²) in [6, 6.07) is 9.98. The molecule has 2 heterocycles. The second-order valence-electron chi connectivity index (χ2n) is 3.74. The molecule has 0 fully saturated rings. The molecule has 3 rings (SSSR count). The molecule has 7 nitrogen and oxygen atoms in total. The Hall–Kier alpha value is -2.48. The summed E-state index contributed by atoms with van der Waals surface area (Å²) >= 11 is 0. The van der Waals surface area contributed by atoms with E-state index in [1.165, 1.54) is 23.1 Å². The Morgan fingerprint density at radius 1 is 1.11 bits per heavy atom. The average Bonchev–Trinajstić information content (AvgIpc) is 2.86. The van der Waals surface area contributed by atoms with Gasteiger partial charge in [-0.05, 0) is 18.2 Å². The van der Waals surface area contributed by atoms with Crippen LogP contribution in [0.15, 0.2) is 53.9 Å². The molecule has 8 heteroatoms. The largest absolute Gasteiger partial charge is 0.279 e. The number of para-hydroxylation sites is 1. The number of rotatable bonds is 3. The molecule has 0 unspecified atom stereocenters. The standard InChI is InChI=1S/C11H9N5O2S/c17-19(18,15-9-4-2-1-3-5-9)10-6-7-16-11(14-10)12-8-13-16/h1-8,15H. The van der Waals surface area contributed by atoms with Gasteiger partial charge in [0.05, 0.1) is 0 Å². The van der Waals surface area contributed by atoms with Crippen molar-refractivity contribution in [3.8, 4) is 0 Å². The lowest BCUT2D eigenvalue weighted by atomic mass is 10.3. The molecule has 0 radical (unpaired) electrons. The highest BCUT2D eigenvalue weighted by Gasteiger charge is 2.16. The Kier molecular flexibility index (Phi) is 2.64. The van der Waals surface area contributed by atoms with Gasteiger partial charge in [-0.3, -0.25) is 4.72 Å². The fraction of sp³-hybridized carbons (Fsp3) is 0. The van der Waals surface area contributed by atoms with Gasteiger partial charge in [-0.25, -0.2) is 4.52 Å². The summed E-state index contributed by atoms with van der Waals surface area (Å²) in [5.41, 5.74) is 0.477. The molecule has 1 aromatic carbocycles. The van der Waals surface area contributed by atoms with E-state index in [1.807, 2.05) is 0 Å². The monoisotopic (exact) mass is 275 g/mol. The minimum absolute atomic E-state index is 0.100. The second kappa shape index (κ2) is 4.32. The van der Waals surface area contributed by atoms with Gasteiger partial charge < -0.3 is 0 Å². The predicted octanol–water partition coefficient (Wildman–Crippen LogP) is 0.925. The quantitative estimate of drug-likeness (QED) is 0.718. The normalized spacial score (nSPS) is 11.6. The molecule has 0 aliphatic heterocycles. The maximum atomic E-state index is 12.1. The molecule has 3 aromatic rings. The zero-order valence-electron chi connectivity index (χ0n) is 9.63. The average molecular weight is 275 g/mol. The molecule has 0 saturated heterocycles. The van der Waals surface area contributed by atoms with E-state index in [-0.39, 0.29) is 10.8 Å². The van der Waals surface area contributed by atoms with Gasteiger partial charge in [-0.1, -0.05) is 18.2 Å². The van der Waals surface area contributed by atoms with Crippen molar-refractivity contribution in [3.05, 3.63) is 48.9 Å². The van der Waals surface area contributed by atoms with Crippen LogP contribution >= 0.6 is 0 Å². The Morgan fingerprint density at radius 3 is 2.68 bits per heavy atom. The molecule has 19 heavy (non-hydrogen) atoms. The first kappa shape index (κ1) is 11.6. The van der Waals surface area contributed by atoms with E-state index in [0.717, 1.165) is 0 Å². The summed E-state index contributed by atoms with van der Waals surface area (Å²) in [5.74, 6) is 0.232. The van der Waals surface area contributed by atoms with Gasteiger partial charge in [0.1, 0.15) is 6.33 Å². The molecule has 0 amide bonds. The Balaban J connectivity index is 1.99. The van der Waals surface area contributed by atoms with Crippen LogP contribution < -0.4 is 4.72 Å². The molecule has 0 saturated carbocycles. The van der Waals surface area contributed by atoms with Crippen molar-refractivity contribution in [1.29, 1.82) is 0 Å². The third-order valence-corrected chi connectivity index (χ3v) is 3.71. The first-order chi connectivity index (χ1) is 9.15. The third-order valence-electron chi connectivity index (χ3n) is 2.42. The van der Waals surface area contributed by atoms with Crippen molar-refractivity contribution in [1.82, 2.24) is 19.6 Å². The number of hydrogen-bond donors (Lipinski definition) is 1. The van der Waals surface area contributed by atoms with Crippen LogP contribution in [0.3, 0.4) is 0 Å². The number of nitrogens with one attached hydrogen (secondary N) is 1. The molecule has 0 aliphatic rings. The zero-order valence-corrected chi connectivity index (χ0v) is 10.4. The Bertz CT molecular complexity index is 813. The van der Waals surface area contributed by atoms with Crippen LogP contribution in [0.2, 0.25) is 0 Å². The van der Waals surface area contributed by atoms with Crippen molar-refractivity contribution >= 4 is 21.5 Å². The van der Waals surface area contributed by atoms with Crippen molar-refractivity contribution in [2.45, 2.75) is 5.03 Å². The molecule has 0 atom stereocenters. The lowest BCUT2D eigenvalue weighted by Gasteiger charge is -2.06. The molecule has 0 spiro atoms. The van der Waals surface area contributed by atoms with E-state index in [1.54, 1.807) is 30.3 Å². The summed E-state index contributed by atoms with van der Waals surface area (Å²) in [6.45, 7) is 0. The Morgan fingerprint density at radius 2 is 1.89 bits per heavy atom. The summed E-state index contributed by atoms with van der Waals surface area (Å²) in [5, 5.41) is 3.75. The highest BCUT2D eigenvalue weighted by Crippen LogP contribution is 2.13. The number of benzene rings is 1. The van der Waals surface area contributed by atoms with Crippen LogP contribution in [0, 0.1) is 0 Å². The van der Waals surface area contributed by atoms with Crippen LogP contribution in [-0.2, 0) is 10.0 Å². The number of nitrogens with zero attached hydrogens (tertiary/aromatic N) is 4. The van der Waals surface area contributed by atoms with Crippen molar-refractivity contribution in [2.75, 3.05) is 4.72 Å². The van der Waals surface area contributed by atoms with E-state index in [9.17, 15) is 8.42 Å². The zero-order chi connectivity index (χ0) is 13.3. The van der Waals surface area contributed by atoms with Crippen LogP contribution in [0.5, 0.6) is 0 Å². The van der Waals surface area contributed by atoms with Gasteiger partial charge in [-0.2, -0.15) is 23.5 Å². The van der Waals surface area contributed by atoms with Crippen LogP contribution in [0.25, 0.3) is 5.78 Å². The summed E-state index contributed by atoms with van der Waals surface area (Å²) in [4.78, 5) is 7.79. The van der Waals surface area contributed by atoms with Gasteiger partial charge in [0.25, 0.3) is 15.8 Å². The molecule has 96 valence electrons. The summed E-state index contributed by atoms with van der Waals surface area (Å²) < 4.78 is 28.1.